The summed E-state index contributed by atoms with van der Waals surface area (Å²) in [6, 6.07) is 17.3. The summed E-state index contributed by atoms with van der Waals surface area (Å²) >= 11 is 6.19. The molecule has 0 bridgehead atoms. The molecular weight excluding hydrogens is 438 g/mol. The van der Waals surface area contributed by atoms with Gasteiger partial charge in [0.2, 0.25) is 5.91 Å². The van der Waals surface area contributed by atoms with Crippen molar-refractivity contribution in [3.63, 3.8) is 0 Å². The van der Waals surface area contributed by atoms with E-state index in [1.807, 2.05) is 56.3 Å². The highest BCUT2D eigenvalue weighted by Crippen LogP contribution is 2.26. The van der Waals surface area contributed by atoms with Crippen LogP contribution in [0.3, 0.4) is 0 Å². The zero-order valence-electron chi connectivity index (χ0n) is 18.3. The number of hydrogen-bond donors (Lipinski definition) is 1. The average Bonchev–Trinajstić information content (AvgIpc) is 3.22. The standard InChI is InChI=1S/C25H22ClN5O2/c1-16-12-20(13-17(2)24(16)26)33-11-5-8-23(32)30-25-19(14-27)15-28-31(25)22-10-9-18-6-3-4-7-21(18)29-22/h3-4,6-7,9-10,12-13,15H,5,8,11H2,1-2H3,(H,30,32). The highest BCUT2D eigenvalue weighted by atomic mass is 35.5. The van der Waals surface area contributed by atoms with Crippen molar-refractivity contribution in [1.82, 2.24) is 14.8 Å². The van der Waals surface area contributed by atoms with Crippen LogP contribution in [0, 0.1) is 25.2 Å². The van der Waals surface area contributed by atoms with Crippen LogP contribution >= 0.6 is 11.6 Å². The van der Waals surface area contributed by atoms with Crippen LogP contribution in [0.1, 0.15) is 29.5 Å². The van der Waals surface area contributed by atoms with Gasteiger partial charge < -0.3 is 10.1 Å². The summed E-state index contributed by atoms with van der Waals surface area (Å²) in [5.41, 5.74) is 2.96. The molecule has 0 aliphatic rings. The van der Waals surface area contributed by atoms with E-state index < -0.39 is 0 Å². The summed E-state index contributed by atoms with van der Waals surface area (Å²) in [4.78, 5) is 17.2. The third-order valence-electron chi connectivity index (χ3n) is 5.18. The van der Waals surface area contributed by atoms with Gasteiger partial charge in [0, 0.05) is 16.8 Å². The second-order valence-corrected chi connectivity index (χ2v) is 8.04. The van der Waals surface area contributed by atoms with Crippen LogP contribution in [0.25, 0.3) is 16.7 Å². The Balaban J connectivity index is 1.41. The largest absolute Gasteiger partial charge is 0.494 e. The smallest absolute Gasteiger partial charge is 0.225 e. The maximum atomic E-state index is 12.6. The predicted molar refractivity (Wildman–Crippen MR) is 128 cm³/mol. The summed E-state index contributed by atoms with van der Waals surface area (Å²) < 4.78 is 7.24. The maximum absolute atomic E-state index is 12.6. The normalized spacial score (nSPS) is 10.7. The zero-order chi connectivity index (χ0) is 23.4. The summed E-state index contributed by atoms with van der Waals surface area (Å²) in [5.74, 6) is 1.31. The molecule has 0 spiro atoms. The fraction of sp³-hybridized carbons (Fsp3) is 0.200. The monoisotopic (exact) mass is 459 g/mol. The van der Waals surface area contributed by atoms with E-state index in [0.29, 0.717) is 24.7 Å². The minimum Gasteiger partial charge on any atom is -0.494 e. The number of aromatic nitrogens is 3. The van der Waals surface area contributed by atoms with Crippen LogP contribution in [0.4, 0.5) is 5.82 Å². The number of carbonyl (C=O) groups is 1. The van der Waals surface area contributed by atoms with Gasteiger partial charge in [-0.25, -0.2) is 4.98 Å². The molecule has 0 saturated heterocycles. The van der Waals surface area contributed by atoms with E-state index in [1.165, 1.54) is 10.9 Å². The van der Waals surface area contributed by atoms with Crippen LogP contribution in [0.2, 0.25) is 5.02 Å². The molecule has 0 atom stereocenters. The molecule has 0 saturated carbocycles. The number of para-hydroxylation sites is 1. The number of carbonyl (C=O) groups excluding carboxylic acids is 1. The molecule has 0 aliphatic heterocycles. The molecule has 0 fully saturated rings. The number of anilines is 1. The first kappa shape index (κ1) is 22.3. The Hall–Kier alpha value is -3.89. The highest BCUT2D eigenvalue weighted by molar-refractivity contribution is 6.32. The number of fused-ring (bicyclic) bond motifs is 1. The molecule has 0 aliphatic carbocycles. The lowest BCUT2D eigenvalue weighted by atomic mass is 10.1. The van der Waals surface area contributed by atoms with Gasteiger partial charge in [0.05, 0.1) is 18.3 Å². The summed E-state index contributed by atoms with van der Waals surface area (Å²) in [5, 5.41) is 18.2. The van der Waals surface area contributed by atoms with E-state index in [4.69, 9.17) is 16.3 Å². The summed E-state index contributed by atoms with van der Waals surface area (Å²) in [7, 11) is 0. The molecule has 1 amide bonds. The quantitative estimate of drug-likeness (QED) is 0.375. The van der Waals surface area contributed by atoms with Crippen LogP contribution < -0.4 is 10.1 Å². The molecule has 1 N–H and O–H groups in total. The average molecular weight is 460 g/mol. The van der Waals surface area contributed by atoms with Gasteiger partial charge >= 0.3 is 0 Å². The van der Waals surface area contributed by atoms with Crippen molar-refractivity contribution < 1.29 is 9.53 Å². The third-order valence-corrected chi connectivity index (χ3v) is 5.77. The first-order chi connectivity index (χ1) is 16.0. The number of amides is 1. The second-order valence-electron chi connectivity index (χ2n) is 7.66. The Morgan fingerprint density at radius 2 is 1.94 bits per heavy atom. The number of nitrogens with one attached hydrogen (secondary N) is 1. The van der Waals surface area contributed by atoms with Crippen LogP contribution in [0.15, 0.2) is 54.7 Å². The summed E-state index contributed by atoms with van der Waals surface area (Å²) in [6.07, 6.45) is 2.16. The number of hydrogen-bond acceptors (Lipinski definition) is 5. The van der Waals surface area contributed by atoms with Gasteiger partial charge in [-0.2, -0.15) is 15.0 Å². The van der Waals surface area contributed by atoms with Gasteiger partial charge in [-0.15, -0.1) is 0 Å². The molecular formula is C25H22ClN5O2. The molecule has 33 heavy (non-hydrogen) atoms. The Bertz CT molecular complexity index is 1350. The van der Waals surface area contributed by atoms with E-state index >= 15 is 0 Å². The molecule has 4 rings (SSSR count). The first-order valence-corrected chi connectivity index (χ1v) is 10.9. The number of aryl methyl sites for hydroxylation is 2. The number of rotatable bonds is 7. The van der Waals surface area contributed by atoms with Crippen molar-refractivity contribution in [2.45, 2.75) is 26.7 Å². The van der Waals surface area contributed by atoms with Gasteiger partial charge in [0.25, 0.3) is 0 Å². The van der Waals surface area contributed by atoms with Crippen molar-refractivity contribution in [2.75, 3.05) is 11.9 Å². The molecule has 4 aromatic rings. The number of benzene rings is 2. The molecule has 2 aromatic carbocycles. The van der Waals surface area contributed by atoms with Crippen LogP contribution in [0.5, 0.6) is 5.75 Å². The maximum Gasteiger partial charge on any atom is 0.225 e. The number of nitriles is 1. The van der Waals surface area contributed by atoms with E-state index in [1.54, 1.807) is 6.07 Å². The Morgan fingerprint density at radius 3 is 2.70 bits per heavy atom. The van der Waals surface area contributed by atoms with Gasteiger partial charge in [0.1, 0.15) is 17.4 Å². The fourth-order valence-electron chi connectivity index (χ4n) is 3.50. The fourth-order valence-corrected chi connectivity index (χ4v) is 3.61. The molecule has 166 valence electrons. The predicted octanol–water partition coefficient (Wildman–Crippen LogP) is 5.36. The Morgan fingerprint density at radius 1 is 1.18 bits per heavy atom. The molecule has 0 unspecified atom stereocenters. The lowest BCUT2D eigenvalue weighted by Crippen LogP contribution is -2.17. The van der Waals surface area contributed by atoms with Crippen molar-refractivity contribution in [3.05, 3.63) is 76.4 Å². The lowest BCUT2D eigenvalue weighted by molar-refractivity contribution is -0.116. The second kappa shape index (κ2) is 9.72. The molecule has 0 radical (unpaired) electrons. The molecule has 8 heteroatoms. The Kier molecular flexibility index (Phi) is 6.57. The lowest BCUT2D eigenvalue weighted by Gasteiger charge is -2.11. The molecule has 2 aromatic heterocycles. The van der Waals surface area contributed by atoms with Gasteiger partial charge in [-0.1, -0.05) is 29.8 Å². The first-order valence-electron chi connectivity index (χ1n) is 10.5. The van der Waals surface area contributed by atoms with Gasteiger partial charge in [-0.3, -0.25) is 4.79 Å². The van der Waals surface area contributed by atoms with Crippen molar-refractivity contribution >= 4 is 34.2 Å². The highest BCUT2D eigenvalue weighted by Gasteiger charge is 2.16. The van der Waals surface area contributed by atoms with Crippen LogP contribution in [-0.4, -0.2) is 27.3 Å². The Labute approximate surface area is 196 Å². The van der Waals surface area contributed by atoms with Gasteiger partial charge in [-0.05, 0) is 61.7 Å². The zero-order valence-corrected chi connectivity index (χ0v) is 19.1. The topological polar surface area (TPSA) is 92.8 Å². The van der Waals surface area contributed by atoms with E-state index in [-0.39, 0.29) is 17.9 Å². The van der Waals surface area contributed by atoms with Crippen LogP contribution in [-0.2, 0) is 4.79 Å². The number of pyridine rings is 1. The number of ether oxygens (including phenoxy) is 1. The van der Waals surface area contributed by atoms with Crippen molar-refractivity contribution in [1.29, 1.82) is 5.26 Å². The molecule has 2 heterocycles. The van der Waals surface area contributed by atoms with E-state index in [9.17, 15) is 10.1 Å². The minimum atomic E-state index is -0.235. The van der Waals surface area contributed by atoms with E-state index in [2.05, 4.69) is 21.5 Å². The third kappa shape index (κ3) is 4.97. The number of halogens is 1. The van der Waals surface area contributed by atoms with Crippen molar-refractivity contribution in [3.8, 4) is 17.6 Å². The minimum absolute atomic E-state index is 0.229. The molecule has 7 nitrogen and oxygen atoms in total. The summed E-state index contributed by atoms with van der Waals surface area (Å²) in [6.45, 7) is 4.23. The number of nitrogens with zero attached hydrogens (tertiary/aromatic N) is 4. The SMILES string of the molecule is Cc1cc(OCCCC(=O)Nc2c(C#N)cnn2-c2ccc3ccccc3n2)cc(C)c1Cl. The van der Waals surface area contributed by atoms with E-state index in [0.717, 1.165) is 32.8 Å². The van der Waals surface area contributed by atoms with Gasteiger partial charge in [0.15, 0.2) is 11.6 Å². The van der Waals surface area contributed by atoms with Crippen molar-refractivity contribution in [2.24, 2.45) is 0 Å².